The van der Waals surface area contributed by atoms with E-state index in [-0.39, 0.29) is 35.2 Å². The van der Waals surface area contributed by atoms with Gasteiger partial charge in [0.25, 0.3) is 5.69 Å². The zero-order chi connectivity index (χ0) is 8.55. The Morgan fingerprint density at radius 3 is 2.92 bits per heavy atom. The minimum atomic E-state index is -0.424. The number of rotatable bonds is 1. The van der Waals surface area contributed by atoms with Crippen LogP contribution in [0.2, 0.25) is 0 Å². The summed E-state index contributed by atoms with van der Waals surface area (Å²) in [5.74, 6) is 0. The molecule has 0 amide bonds. The van der Waals surface area contributed by atoms with Gasteiger partial charge in [0.15, 0.2) is 0 Å². The Bertz CT molecular complexity index is 440. The Morgan fingerprint density at radius 2 is 2.23 bits per heavy atom. The molecular formula is C7H5N3NaO2. The van der Waals surface area contributed by atoms with E-state index in [0.717, 1.165) is 10.9 Å². The second-order valence-electron chi connectivity index (χ2n) is 2.40. The quantitative estimate of drug-likeness (QED) is 0.411. The maximum Gasteiger partial charge on any atom is 0.270 e. The molecule has 1 aromatic heterocycles. The fourth-order valence-corrected chi connectivity index (χ4v) is 1.04. The number of aromatic nitrogens is 2. The molecular weight excluding hydrogens is 181 g/mol. The Morgan fingerprint density at radius 1 is 1.46 bits per heavy atom. The van der Waals surface area contributed by atoms with Gasteiger partial charge in [0, 0.05) is 47.1 Å². The zero-order valence-electron chi connectivity index (χ0n) is 7.02. The van der Waals surface area contributed by atoms with Crippen molar-refractivity contribution >= 4 is 46.1 Å². The number of non-ortho nitro benzene ring substituents is 1. The van der Waals surface area contributed by atoms with Crippen LogP contribution in [0.1, 0.15) is 0 Å². The van der Waals surface area contributed by atoms with Gasteiger partial charge in [-0.15, -0.1) is 0 Å². The summed E-state index contributed by atoms with van der Waals surface area (Å²) in [6.07, 6.45) is 1.56. The monoisotopic (exact) mass is 186 g/mol. The molecule has 13 heavy (non-hydrogen) atoms. The molecule has 0 saturated heterocycles. The van der Waals surface area contributed by atoms with Crippen LogP contribution in [0.3, 0.4) is 0 Å². The van der Waals surface area contributed by atoms with E-state index in [1.807, 2.05) is 0 Å². The van der Waals surface area contributed by atoms with Crippen LogP contribution in [0.25, 0.3) is 10.9 Å². The van der Waals surface area contributed by atoms with E-state index >= 15 is 0 Å². The Hall–Kier alpha value is -0.910. The summed E-state index contributed by atoms with van der Waals surface area (Å²) in [5, 5.41) is 17.6. The summed E-state index contributed by atoms with van der Waals surface area (Å²) in [6.45, 7) is 0. The molecule has 2 aromatic rings. The minimum Gasteiger partial charge on any atom is -0.278 e. The predicted molar refractivity (Wildman–Crippen MR) is 48.5 cm³/mol. The molecule has 0 aliphatic carbocycles. The largest absolute Gasteiger partial charge is 0.278 e. The first-order chi connectivity index (χ1) is 5.77. The van der Waals surface area contributed by atoms with Gasteiger partial charge in [-0.05, 0) is 6.07 Å². The van der Waals surface area contributed by atoms with Crippen molar-refractivity contribution in [1.82, 2.24) is 10.2 Å². The van der Waals surface area contributed by atoms with Crippen LogP contribution < -0.4 is 0 Å². The fraction of sp³-hybridized carbons (Fsp3) is 0. The molecule has 0 unspecified atom stereocenters. The van der Waals surface area contributed by atoms with Gasteiger partial charge in [-0.3, -0.25) is 15.2 Å². The molecule has 0 aliphatic rings. The number of nitrogens with one attached hydrogen (secondary N) is 1. The van der Waals surface area contributed by atoms with E-state index in [1.165, 1.54) is 12.1 Å². The van der Waals surface area contributed by atoms with E-state index in [2.05, 4.69) is 10.2 Å². The van der Waals surface area contributed by atoms with Gasteiger partial charge in [0.05, 0.1) is 16.6 Å². The molecule has 5 nitrogen and oxygen atoms in total. The summed E-state index contributed by atoms with van der Waals surface area (Å²) in [4.78, 5) is 9.92. The summed E-state index contributed by atoms with van der Waals surface area (Å²) < 4.78 is 0. The number of nitro groups is 1. The van der Waals surface area contributed by atoms with Crippen LogP contribution in [0.4, 0.5) is 5.69 Å². The smallest absolute Gasteiger partial charge is 0.270 e. The van der Waals surface area contributed by atoms with Crippen molar-refractivity contribution in [2.45, 2.75) is 0 Å². The van der Waals surface area contributed by atoms with Gasteiger partial charge >= 0.3 is 0 Å². The Kier molecular flexibility index (Phi) is 3.02. The van der Waals surface area contributed by atoms with Gasteiger partial charge in [-0.2, -0.15) is 5.10 Å². The second-order valence-corrected chi connectivity index (χ2v) is 2.40. The summed E-state index contributed by atoms with van der Waals surface area (Å²) in [5.41, 5.74) is 0.893. The van der Waals surface area contributed by atoms with E-state index < -0.39 is 4.92 Å². The van der Waals surface area contributed by atoms with Crippen LogP contribution in [-0.2, 0) is 0 Å². The normalized spacial score (nSPS) is 9.54. The molecule has 61 valence electrons. The minimum absolute atomic E-state index is 0. The van der Waals surface area contributed by atoms with Gasteiger partial charge < -0.3 is 0 Å². The SMILES string of the molecule is O=[N+]([O-])c1ccc2[nH]ncc2c1.[Na]. The van der Waals surface area contributed by atoms with E-state index in [9.17, 15) is 10.1 Å². The molecule has 0 atom stereocenters. The van der Waals surface area contributed by atoms with E-state index in [0.29, 0.717) is 0 Å². The maximum absolute atomic E-state index is 10.3. The third kappa shape index (κ3) is 1.88. The van der Waals surface area contributed by atoms with Gasteiger partial charge in [-0.1, -0.05) is 0 Å². The number of aromatic amines is 1. The molecule has 0 bridgehead atoms. The standard InChI is InChI=1S/C7H5N3O2.Na/c11-10(12)6-1-2-7-5(3-6)4-8-9-7;/h1-4H,(H,8,9);. The van der Waals surface area contributed by atoms with Crippen molar-refractivity contribution in [1.29, 1.82) is 0 Å². The number of hydrogen-bond donors (Lipinski definition) is 1. The molecule has 6 heteroatoms. The first-order valence-electron chi connectivity index (χ1n) is 3.35. The van der Waals surface area contributed by atoms with Crippen molar-refractivity contribution in [2.24, 2.45) is 0 Å². The summed E-state index contributed by atoms with van der Waals surface area (Å²) >= 11 is 0. The van der Waals surface area contributed by atoms with Crippen LogP contribution in [0.5, 0.6) is 0 Å². The first kappa shape index (κ1) is 10.2. The molecule has 1 radical (unpaired) electrons. The number of nitro benzene ring substituents is 1. The van der Waals surface area contributed by atoms with Crippen molar-refractivity contribution < 1.29 is 4.92 Å². The van der Waals surface area contributed by atoms with Crippen LogP contribution >= 0.6 is 0 Å². The van der Waals surface area contributed by atoms with E-state index in [1.54, 1.807) is 12.3 Å². The third-order valence-electron chi connectivity index (χ3n) is 1.63. The van der Waals surface area contributed by atoms with Crippen LogP contribution in [0.15, 0.2) is 24.4 Å². The molecule has 1 heterocycles. The summed E-state index contributed by atoms with van der Waals surface area (Å²) in [6, 6.07) is 4.57. The first-order valence-corrected chi connectivity index (χ1v) is 3.35. The fourth-order valence-electron chi connectivity index (χ4n) is 1.04. The molecule has 0 fully saturated rings. The van der Waals surface area contributed by atoms with Gasteiger partial charge in [0.2, 0.25) is 0 Å². The average molecular weight is 186 g/mol. The van der Waals surface area contributed by atoms with Crippen LogP contribution in [0, 0.1) is 10.1 Å². The number of fused-ring (bicyclic) bond motifs is 1. The van der Waals surface area contributed by atoms with Crippen molar-refractivity contribution in [3.8, 4) is 0 Å². The maximum atomic E-state index is 10.3. The molecule has 2 rings (SSSR count). The second kappa shape index (κ2) is 3.87. The Labute approximate surface area is 95.6 Å². The molecule has 1 aromatic carbocycles. The van der Waals surface area contributed by atoms with Crippen molar-refractivity contribution in [2.75, 3.05) is 0 Å². The van der Waals surface area contributed by atoms with Gasteiger partial charge in [-0.25, -0.2) is 0 Å². The van der Waals surface area contributed by atoms with Crippen molar-refractivity contribution in [3.05, 3.63) is 34.5 Å². The molecule has 0 spiro atoms. The van der Waals surface area contributed by atoms with Crippen LogP contribution in [-0.4, -0.2) is 44.7 Å². The Balaban J connectivity index is 0.000000845. The zero-order valence-corrected chi connectivity index (χ0v) is 9.02. The number of nitrogens with zero attached hydrogens (tertiary/aromatic N) is 2. The third-order valence-corrected chi connectivity index (χ3v) is 1.63. The topological polar surface area (TPSA) is 71.8 Å². The molecule has 0 aliphatic heterocycles. The average Bonchev–Trinajstić information content (AvgIpc) is 2.49. The number of benzene rings is 1. The van der Waals surface area contributed by atoms with Gasteiger partial charge in [0.1, 0.15) is 0 Å². The molecule has 0 saturated carbocycles. The van der Waals surface area contributed by atoms with E-state index in [4.69, 9.17) is 0 Å². The summed E-state index contributed by atoms with van der Waals surface area (Å²) in [7, 11) is 0. The number of hydrogen-bond acceptors (Lipinski definition) is 3. The predicted octanol–water partition coefficient (Wildman–Crippen LogP) is 1.09. The molecule has 1 N–H and O–H groups in total. The number of H-pyrrole nitrogens is 1. The van der Waals surface area contributed by atoms with Crippen molar-refractivity contribution in [3.63, 3.8) is 0 Å².